The maximum atomic E-state index is 6.41. The molecule has 4 heterocycles. The van der Waals surface area contributed by atoms with E-state index in [0.717, 1.165) is 77.0 Å². The summed E-state index contributed by atoms with van der Waals surface area (Å²) < 4.78 is 20.9. The van der Waals surface area contributed by atoms with E-state index < -0.39 is 0 Å². The molecule has 7 nitrogen and oxygen atoms in total. The Hall–Kier alpha value is -6.21. The molecule has 4 aromatic heterocycles. The molecule has 0 amide bonds. The van der Waals surface area contributed by atoms with Gasteiger partial charge in [0.25, 0.3) is 0 Å². The smallest absolute Gasteiger partial charge is 0.307 e. The average Bonchev–Trinajstić information content (AvgIpc) is 3.86. The molecule has 10 aromatic rings. The molecule has 0 aliphatic rings. The van der Waals surface area contributed by atoms with Crippen LogP contribution in [0.25, 0.3) is 94.8 Å². The summed E-state index contributed by atoms with van der Waals surface area (Å²) in [6, 6.07) is 40.8. The van der Waals surface area contributed by atoms with Gasteiger partial charge in [0.05, 0.1) is 11.0 Å². The van der Waals surface area contributed by atoms with Gasteiger partial charge in [-0.3, -0.25) is 4.57 Å². The zero-order valence-electron chi connectivity index (χ0n) is 23.1. The quantitative estimate of drug-likeness (QED) is 0.211. The Labute approximate surface area is 248 Å². The molecule has 0 N–H and O–H groups in total. The summed E-state index contributed by atoms with van der Waals surface area (Å²) in [5.74, 6) is 1.13. The normalized spacial score (nSPS) is 12.1. The Kier molecular flexibility index (Phi) is 4.60. The first-order chi connectivity index (χ1) is 21.8. The van der Waals surface area contributed by atoms with Crippen molar-refractivity contribution in [2.24, 2.45) is 0 Å². The highest BCUT2D eigenvalue weighted by atomic mass is 16.4. The third-order valence-electron chi connectivity index (χ3n) is 8.31. The van der Waals surface area contributed by atoms with Crippen LogP contribution in [-0.2, 0) is 0 Å². The second-order valence-corrected chi connectivity index (χ2v) is 10.9. The second-order valence-electron chi connectivity index (χ2n) is 10.9. The van der Waals surface area contributed by atoms with Crippen LogP contribution in [0, 0.1) is 0 Å². The summed E-state index contributed by atoms with van der Waals surface area (Å²) in [4.78, 5) is 14.5. The summed E-state index contributed by atoms with van der Waals surface area (Å²) in [5.41, 5.74) is 8.37. The summed E-state index contributed by atoms with van der Waals surface area (Å²) in [7, 11) is 0. The van der Waals surface area contributed by atoms with Gasteiger partial charge in [0.15, 0.2) is 16.7 Å². The van der Waals surface area contributed by atoms with Gasteiger partial charge in [-0.1, -0.05) is 54.6 Å². The molecule has 0 aliphatic heterocycles. The Balaban J connectivity index is 1.23. The van der Waals surface area contributed by atoms with Gasteiger partial charge in [-0.2, -0.15) is 4.98 Å². The SMILES string of the molecule is c1ccc2c(c1)ccc1nc(-c3ccc4c(c3)c3cc(-c5nc6ccccc6o5)ccc3n4-c3nc4ccccc4o3)oc12. The molecule has 6 aromatic carbocycles. The Bertz CT molecular complexity index is 2680. The third kappa shape index (κ3) is 3.35. The molecule has 0 unspecified atom stereocenters. The number of rotatable bonds is 3. The van der Waals surface area contributed by atoms with E-state index in [9.17, 15) is 0 Å². The number of aromatic nitrogens is 4. The van der Waals surface area contributed by atoms with Crippen molar-refractivity contribution in [3.8, 4) is 28.9 Å². The van der Waals surface area contributed by atoms with E-state index in [1.165, 1.54) is 0 Å². The zero-order valence-corrected chi connectivity index (χ0v) is 23.1. The van der Waals surface area contributed by atoms with E-state index in [1.807, 2.05) is 78.9 Å². The van der Waals surface area contributed by atoms with Crippen molar-refractivity contribution in [1.29, 1.82) is 0 Å². The van der Waals surface area contributed by atoms with Crippen LogP contribution in [-0.4, -0.2) is 19.5 Å². The van der Waals surface area contributed by atoms with Gasteiger partial charge >= 0.3 is 6.01 Å². The first-order valence-electron chi connectivity index (χ1n) is 14.4. The van der Waals surface area contributed by atoms with E-state index in [0.29, 0.717) is 17.8 Å². The maximum Gasteiger partial charge on any atom is 0.307 e. The van der Waals surface area contributed by atoms with E-state index in [2.05, 4.69) is 47.0 Å². The fourth-order valence-electron chi connectivity index (χ4n) is 6.23. The lowest BCUT2D eigenvalue weighted by Crippen LogP contribution is -1.93. The number of nitrogens with zero attached hydrogens (tertiary/aromatic N) is 4. The predicted octanol–water partition coefficient (Wildman–Crippen LogP) is 9.69. The number of hydrogen-bond acceptors (Lipinski definition) is 6. The minimum atomic E-state index is 0.502. The Morgan fingerprint density at radius 3 is 1.80 bits per heavy atom. The van der Waals surface area contributed by atoms with E-state index in [1.54, 1.807) is 0 Å². The van der Waals surface area contributed by atoms with Crippen LogP contribution < -0.4 is 0 Å². The highest BCUT2D eigenvalue weighted by molar-refractivity contribution is 6.11. The van der Waals surface area contributed by atoms with Gasteiger partial charge in [0.1, 0.15) is 16.6 Å². The van der Waals surface area contributed by atoms with Crippen LogP contribution in [0.2, 0.25) is 0 Å². The molecule has 44 heavy (non-hydrogen) atoms. The minimum absolute atomic E-state index is 0.502. The first kappa shape index (κ1) is 23.4. The van der Waals surface area contributed by atoms with Crippen molar-refractivity contribution in [1.82, 2.24) is 19.5 Å². The molecule has 0 bridgehead atoms. The largest absolute Gasteiger partial charge is 0.436 e. The highest BCUT2D eigenvalue weighted by Crippen LogP contribution is 2.38. The van der Waals surface area contributed by atoms with Crippen molar-refractivity contribution in [3.63, 3.8) is 0 Å². The number of para-hydroxylation sites is 4. The second kappa shape index (κ2) is 8.65. The predicted molar refractivity (Wildman–Crippen MR) is 172 cm³/mol. The van der Waals surface area contributed by atoms with Crippen molar-refractivity contribution in [2.45, 2.75) is 0 Å². The fraction of sp³-hybridized carbons (Fsp3) is 0. The lowest BCUT2D eigenvalue weighted by atomic mass is 10.1. The zero-order chi connectivity index (χ0) is 28.8. The van der Waals surface area contributed by atoms with Gasteiger partial charge in [0.2, 0.25) is 11.8 Å². The molecule has 0 radical (unpaired) electrons. The number of hydrogen-bond donors (Lipinski definition) is 0. The molecular weight excluding hydrogens is 548 g/mol. The molecule has 0 fully saturated rings. The summed E-state index contributed by atoms with van der Waals surface area (Å²) >= 11 is 0. The van der Waals surface area contributed by atoms with E-state index in [-0.39, 0.29) is 0 Å². The van der Waals surface area contributed by atoms with Crippen molar-refractivity contribution in [2.75, 3.05) is 0 Å². The van der Waals surface area contributed by atoms with Crippen molar-refractivity contribution in [3.05, 3.63) is 121 Å². The summed E-state index contributed by atoms with van der Waals surface area (Å²) in [6.45, 7) is 0. The number of oxazole rings is 3. The standard InChI is InChI=1S/C37H20N4O3/c1-2-8-24-21(7-1)13-16-29-34(24)44-36(39-29)23-15-18-31-26(20-23)25-19-22(35-38-27-9-3-5-11-32(27)42-35)14-17-30(25)41(31)37-40-28-10-4-6-12-33(28)43-37/h1-20H. The van der Waals surface area contributed by atoms with E-state index >= 15 is 0 Å². The molecule has 10 rings (SSSR count). The van der Waals surface area contributed by atoms with Crippen LogP contribution in [0.1, 0.15) is 0 Å². The molecule has 0 aliphatic carbocycles. The summed E-state index contributed by atoms with van der Waals surface area (Å²) in [6.07, 6.45) is 0. The first-order valence-corrected chi connectivity index (χ1v) is 14.4. The minimum Gasteiger partial charge on any atom is -0.436 e. The Morgan fingerprint density at radius 2 is 1.07 bits per heavy atom. The monoisotopic (exact) mass is 568 g/mol. The van der Waals surface area contributed by atoms with Gasteiger partial charge in [-0.05, 0) is 72.1 Å². The molecule has 0 saturated heterocycles. The van der Waals surface area contributed by atoms with Crippen LogP contribution in [0.3, 0.4) is 0 Å². The molecule has 0 spiro atoms. The fourth-order valence-corrected chi connectivity index (χ4v) is 6.23. The van der Waals surface area contributed by atoms with Crippen LogP contribution in [0.5, 0.6) is 0 Å². The number of fused-ring (bicyclic) bond motifs is 8. The molecular formula is C37H20N4O3. The Morgan fingerprint density at radius 1 is 0.455 bits per heavy atom. The topological polar surface area (TPSA) is 83.0 Å². The molecule has 0 atom stereocenters. The average molecular weight is 569 g/mol. The van der Waals surface area contributed by atoms with Crippen molar-refractivity contribution >= 4 is 65.9 Å². The van der Waals surface area contributed by atoms with Crippen LogP contribution >= 0.6 is 0 Å². The van der Waals surface area contributed by atoms with Crippen LogP contribution in [0.15, 0.2) is 135 Å². The van der Waals surface area contributed by atoms with Gasteiger partial charge < -0.3 is 13.3 Å². The third-order valence-corrected chi connectivity index (χ3v) is 8.31. The summed E-state index contributed by atoms with van der Waals surface area (Å²) in [5, 5.41) is 4.17. The molecule has 0 saturated carbocycles. The van der Waals surface area contributed by atoms with Gasteiger partial charge in [-0.25, -0.2) is 9.97 Å². The number of benzene rings is 6. The van der Waals surface area contributed by atoms with Crippen LogP contribution in [0.4, 0.5) is 0 Å². The molecule has 206 valence electrons. The highest BCUT2D eigenvalue weighted by Gasteiger charge is 2.20. The van der Waals surface area contributed by atoms with E-state index in [4.69, 9.17) is 28.2 Å². The maximum absolute atomic E-state index is 6.41. The lowest BCUT2D eigenvalue weighted by Gasteiger charge is -2.02. The molecule has 7 heteroatoms. The van der Waals surface area contributed by atoms with Crippen molar-refractivity contribution < 1.29 is 13.3 Å². The van der Waals surface area contributed by atoms with Gasteiger partial charge in [-0.15, -0.1) is 0 Å². The van der Waals surface area contributed by atoms with Gasteiger partial charge in [0, 0.05) is 27.3 Å². The lowest BCUT2D eigenvalue weighted by molar-refractivity contribution is 0.574.